The highest BCUT2D eigenvalue weighted by Gasteiger charge is 2.31. The molecule has 0 radical (unpaired) electrons. The molecule has 2 rings (SSSR count). The van der Waals surface area contributed by atoms with Crippen molar-refractivity contribution in [2.75, 3.05) is 7.11 Å². The number of rotatable bonds is 2. The summed E-state index contributed by atoms with van der Waals surface area (Å²) in [6.07, 6.45) is -3.37. The van der Waals surface area contributed by atoms with Gasteiger partial charge in [-0.25, -0.2) is 4.79 Å². The minimum absolute atomic E-state index is 0.0261. The van der Waals surface area contributed by atoms with Crippen LogP contribution in [0, 0.1) is 0 Å². The Kier molecular flexibility index (Phi) is 3.28. The maximum Gasteiger partial charge on any atom is 0.416 e. The van der Waals surface area contributed by atoms with Crippen molar-refractivity contribution in [1.29, 1.82) is 0 Å². The van der Waals surface area contributed by atoms with Crippen molar-refractivity contribution < 1.29 is 27.2 Å². The summed E-state index contributed by atoms with van der Waals surface area (Å²) in [4.78, 5) is 11.4. The van der Waals surface area contributed by atoms with Gasteiger partial charge in [-0.2, -0.15) is 13.2 Å². The zero-order chi connectivity index (χ0) is 14.0. The van der Waals surface area contributed by atoms with Crippen LogP contribution in [0.25, 0.3) is 11.3 Å². The Morgan fingerprint density at radius 2 is 2.11 bits per heavy atom. The zero-order valence-electron chi connectivity index (χ0n) is 9.69. The number of alkyl halides is 3. The SMILES string of the molecule is COC(=O)c1cnoc1-c1cccc(C(F)(F)F)c1. The lowest BCUT2D eigenvalue weighted by molar-refractivity contribution is -0.137. The number of carbonyl (C=O) groups excluding carboxylic acids is 1. The third-order valence-corrected chi connectivity index (χ3v) is 2.43. The summed E-state index contributed by atoms with van der Waals surface area (Å²) in [7, 11) is 1.16. The molecular formula is C12H8F3NO3. The van der Waals surface area contributed by atoms with E-state index in [4.69, 9.17) is 4.52 Å². The fourth-order valence-electron chi connectivity index (χ4n) is 1.54. The molecular weight excluding hydrogens is 263 g/mol. The first-order valence-corrected chi connectivity index (χ1v) is 5.14. The summed E-state index contributed by atoms with van der Waals surface area (Å²) in [6.45, 7) is 0. The number of hydrogen-bond donors (Lipinski definition) is 0. The van der Waals surface area contributed by atoms with Crippen molar-refractivity contribution in [2.24, 2.45) is 0 Å². The van der Waals surface area contributed by atoms with Gasteiger partial charge in [0.1, 0.15) is 5.56 Å². The fourth-order valence-corrected chi connectivity index (χ4v) is 1.54. The highest BCUT2D eigenvalue weighted by atomic mass is 19.4. The number of nitrogens with zero attached hydrogens (tertiary/aromatic N) is 1. The lowest BCUT2D eigenvalue weighted by Gasteiger charge is -2.07. The minimum Gasteiger partial charge on any atom is -0.465 e. The van der Waals surface area contributed by atoms with E-state index in [-0.39, 0.29) is 16.9 Å². The molecule has 7 heteroatoms. The Morgan fingerprint density at radius 3 is 2.74 bits per heavy atom. The lowest BCUT2D eigenvalue weighted by atomic mass is 10.1. The molecule has 19 heavy (non-hydrogen) atoms. The maximum atomic E-state index is 12.6. The van der Waals surface area contributed by atoms with Crippen LogP contribution in [0.4, 0.5) is 13.2 Å². The van der Waals surface area contributed by atoms with E-state index in [0.717, 1.165) is 25.4 Å². The zero-order valence-corrected chi connectivity index (χ0v) is 9.69. The van der Waals surface area contributed by atoms with Crippen LogP contribution in [-0.2, 0) is 10.9 Å². The van der Waals surface area contributed by atoms with Gasteiger partial charge in [-0.1, -0.05) is 17.3 Å². The predicted molar refractivity (Wildman–Crippen MR) is 58.3 cm³/mol. The molecule has 0 saturated heterocycles. The van der Waals surface area contributed by atoms with Gasteiger partial charge in [0.05, 0.1) is 18.9 Å². The molecule has 0 fully saturated rings. The van der Waals surface area contributed by atoms with Crippen LogP contribution in [0.1, 0.15) is 15.9 Å². The maximum absolute atomic E-state index is 12.6. The molecule has 0 N–H and O–H groups in total. The van der Waals surface area contributed by atoms with Crippen LogP contribution in [0.15, 0.2) is 35.0 Å². The van der Waals surface area contributed by atoms with E-state index in [2.05, 4.69) is 9.89 Å². The number of aromatic nitrogens is 1. The average Bonchev–Trinajstić information content (AvgIpc) is 2.86. The Labute approximate surface area is 105 Å². The number of benzene rings is 1. The average molecular weight is 271 g/mol. The second kappa shape index (κ2) is 4.75. The van der Waals surface area contributed by atoms with Crippen molar-refractivity contribution >= 4 is 5.97 Å². The van der Waals surface area contributed by atoms with Gasteiger partial charge in [0.25, 0.3) is 0 Å². The van der Waals surface area contributed by atoms with Gasteiger partial charge in [-0.3, -0.25) is 0 Å². The quantitative estimate of drug-likeness (QED) is 0.787. The van der Waals surface area contributed by atoms with Crippen LogP contribution >= 0.6 is 0 Å². The molecule has 0 aliphatic rings. The number of hydrogen-bond acceptors (Lipinski definition) is 4. The molecule has 0 spiro atoms. The first-order valence-electron chi connectivity index (χ1n) is 5.14. The van der Waals surface area contributed by atoms with Gasteiger partial charge >= 0.3 is 12.1 Å². The number of carbonyl (C=O) groups is 1. The summed E-state index contributed by atoms with van der Waals surface area (Å²) in [5, 5.41) is 3.40. The minimum atomic E-state index is -4.47. The van der Waals surface area contributed by atoms with Crippen molar-refractivity contribution in [3.05, 3.63) is 41.6 Å². The second-order valence-electron chi connectivity index (χ2n) is 3.64. The Bertz CT molecular complexity index is 604. The lowest BCUT2D eigenvalue weighted by Crippen LogP contribution is -2.05. The normalized spacial score (nSPS) is 11.4. The topological polar surface area (TPSA) is 52.3 Å². The first-order chi connectivity index (χ1) is 8.93. The highest BCUT2D eigenvalue weighted by molar-refractivity contribution is 5.95. The summed E-state index contributed by atoms with van der Waals surface area (Å²) in [5.74, 6) is -0.786. The van der Waals surface area contributed by atoms with Crippen molar-refractivity contribution in [3.63, 3.8) is 0 Å². The molecule has 0 aliphatic carbocycles. The molecule has 4 nitrogen and oxygen atoms in total. The van der Waals surface area contributed by atoms with Crippen molar-refractivity contribution in [1.82, 2.24) is 5.16 Å². The molecule has 1 heterocycles. The molecule has 2 aromatic rings. The van der Waals surface area contributed by atoms with Gasteiger partial charge < -0.3 is 9.26 Å². The molecule has 100 valence electrons. The monoisotopic (exact) mass is 271 g/mol. The summed E-state index contributed by atoms with van der Waals surface area (Å²) < 4.78 is 47.1. The van der Waals surface area contributed by atoms with E-state index in [1.807, 2.05) is 0 Å². The van der Waals surface area contributed by atoms with Crippen LogP contribution in [0.2, 0.25) is 0 Å². The van der Waals surface area contributed by atoms with E-state index in [0.29, 0.717) is 0 Å². The summed E-state index contributed by atoms with van der Waals surface area (Å²) in [5.41, 5.74) is -0.758. The fraction of sp³-hybridized carbons (Fsp3) is 0.167. The van der Waals surface area contributed by atoms with Crippen LogP contribution in [-0.4, -0.2) is 18.2 Å². The third-order valence-electron chi connectivity index (χ3n) is 2.43. The predicted octanol–water partition coefficient (Wildman–Crippen LogP) is 3.15. The van der Waals surface area contributed by atoms with E-state index >= 15 is 0 Å². The largest absolute Gasteiger partial charge is 0.465 e. The molecule has 0 atom stereocenters. The molecule has 1 aromatic heterocycles. The van der Waals surface area contributed by atoms with Gasteiger partial charge in [0.2, 0.25) is 0 Å². The van der Waals surface area contributed by atoms with E-state index < -0.39 is 17.7 Å². The molecule has 0 bridgehead atoms. The number of ether oxygens (including phenoxy) is 1. The van der Waals surface area contributed by atoms with Crippen molar-refractivity contribution in [2.45, 2.75) is 6.18 Å². The van der Waals surface area contributed by atoms with E-state index in [1.54, 1.807) is 0 Å². The first kappa shape index (κ1) is 13.1. The van der Waals surface area contributed by atoms with E-state index in [9.17, 15) is 18.0 Å². The Morgan fingerprint density at radius 1 is 1.37 bits per heavy atom. The third kappa shape index (κ3) is 2.59. The molecule has 0 unspecified atom stereocenters. The summed E-state index contributed by atoms with van der Waals surface area (Å²) in [6, 6.07) is 4.43. The van der Waals surface area contributed by atoms with Crippen LogP contribution < -0.4 is 0 Å². The Balaban J connectivity index is 2.49. The van der Waals surface area contributed by atoms with Crippen LogP contribution in [0.5, 0.6) is 0 Å². The Hall–Kier alpha value is -2.31. The molecule has 0 saturated carbocycles. The smallest absolute Gasteiger partial charge is 0.416 e. The highest BCUT2D eigenvalue weighted by Crippen LogP contribution is 2.33. The molecule has 0 amide bonds. The number of methoxy groups -OCH3 is 1. The molecule has 0 aliphatic heterocycles. The van der Waals surface area contributed by atoms with Crippen LogP contribution in [0.3, 0.4) is 0 Å². The number of halogens is 3. The van der Waals surface area contributed by atoms with Gasteiger partial charge in [-0.05, 0) is 12.1 Å². The standard InChI is InChI=1S/C12H8F3NO3/c1-18-11(17)9-6-16-19-10(9)7-3-2-4-8(5-7)12(13,14)15/h2-6H,1H3. The second-order valence-corrected chi connectivity index (χ2v) is 3.64. The van der Waals surface area contributed by atoms with Gasteiger partial charge in [0.15, 0.2) is 5.76 Å². The van der Waals surface area contributed by atoms with Gasteiger partial charge in [-0.15, -0.1) is 0 Å². The van der Waals surface area contributed by atoms with Crippen molar-refractivity contribution in [3.8, 4) is 11.3 Å². The van der Waals surface area contributed by atoms with E-state index in [1.165, 1.54) is 12.1 Å². The molecule has 1 aromatic carbocycles. The number of esters is 1. The summed E-state index contributed by atoms with van der Waals surface area (Å²) >= 11 is 0. The van der Waals surface area contributed by atoms with Gasteiger partial charge in [0, 0.05) is 5.56 Å².